The number of ketones is 1. The zero-order valence-electron chi connectivity index (χ0n) is 8.91. The van der Waals surface area contributed by atoms with E-state index in [1.54, 1.807) is 23.5 Å². The van der Waals surface area contributed by atoms with Gasteiger partial charge in [0.25, 0.3) is 0 Å². The molecule has 82 valence electrons. The fourth-order valence-electron chi connectivity index (χ4n) is 1.22. The van der Waals surface area contributed by atoms with Gasteiger partial charge >= 0.3 is 0 Å². The maximum atomic E-state index is 11.9. The van der Waals surface area contributed by atoms with Crippen molar-refractivity contribution >= 4 is 45.2 Å². The highest BCUT2D eigenvalue weighted by atomic mass is 79.9. The topological polar surface area (TPSA) is 17.1 Å². The third kappa shape index (κ3) is 3.26. The van der Waals surface area contributed by atoms with E-state index in [4.69, 9.17) is 0 Å². The average molecular weight is 305 g/mol. The molecule has 1 unspecified atom stereocenters. The van der Waals surface area contributed by atoms with Crippen molar-refractivity contribution in [2.24, 2.45) is 0 Å². The Morgan fingerprint density at radius 3 is 2.47 bits per heavy atom. The van der Waals surface area contributed by atoms with E-state index in [1.165, 1.54) is 0 Å². The number of alkyl halides is 1. The van der Waals surface area contributed by atoms with Crippen molar-refractivity contribution in [1.29, 1.82) is 0 Å². The second-order valence-corrected chi connectivity index (χ2v) is 6.15. The van der Waals surface area contributed by atoms with Gasteiger partial charge in [-0.3, -0.25) is 4.79 Å². The maximum absolute atomic E-state index is 11.9. The Bertz CT molecular complexity index is 364. The minimum Gasteiger partial charge on any atom is -0.293 e. The van der Waals surface area contributed by atoms with Crippen molar-refractivity contribution in [1.82, 2.24) is 0 Å². The molecule has 0 spiro atoms. The molecule has 0 bridgehead atoms. The number of thioether (sulfide) groups is 2. The van der Waals surface area contributed by atoms with Gasteiger partial charge in [-0.1, -0.05) is 15.9 Å². The fraction of sp³-hybridized carbons (Fsp3) is 0.364. The van der Waals surface area contributed by atoms with Gasteiger partial charge in [0, 0.05) is 15.4 Å². The summed E-state index contributed by atoms with van der Waals surface area (Å²) in [5, 5.41) is 0. The largest absolute Gasteiger partial charge is 0.293 e. The highest BCUT2D eigenvalue weighted by molar-refractivity contribution is 9.10. The number of halogens is 1. The third-order valence-electron chi connectivity index (χ3n) is 2.03. The molecular formula is C11H13BrOS2. The Morgan fingerprint density at radius 1 is 1.33 bits per heavy atom. The molecule has 15 heavy (non-hydrogen) atoms. The standard InChI is InChI=1S/C11H13BrOS2/c1-7(12)11(13)9-6-8(14-2)4-5-10(9)15-3/h4-7H,1-3H3. The number of hydrogen-bond acceptors (Lipinski definition) is 3. The molecule has 1 atom stereocenters. The van der Waals surface area contributed by atoms with Crippen molar-refractivity contribution in [2.45, 2.75) is 21.5 Å². The van der Waals surface area contributed by atoms with Crippen LogP contribution in [0.15, 0.2) is 28.0 Å². The molecule has 0 aliphatic heterocycles. The lowest BCUT2D eigenvalue weighted by Crippen LogP contribution is -2.11. The summed E-state index contributed by atoms with van der Waals surface area (Å²) in [5.74, 6) is 0.148. The van der Waals surface area contributed by atoms with E-state index in [2.05, 4.69) is 15.9 Å². The summed E-state index contributed by atoms with van der Waals surface area (Å²) in [6.45, 7) is 1.86. The molecule has 1 aromatic rings. The first-order valence-electron chi connectivity index (χ1n) is 4.50. The molecule has 0 aliphatic carbocycles. The van der Waals surface area contributed by atoms with Crippen LogP contribution in [0.1, 0.15) is 17.3 Å². The van der Waals surface area contributed by atoms with Crippen LogP contribution in [0.4, 0.5) is 0 Å². The minimum atomic E-state index is -0.125. The lowest BCUT2D eigenvalue weighted by atomic mass is 10.1. The number of hydrogen-bond donors (Lipinski definition) is 0. The zero-order valence-corrected chi connectivity index (χ0v) is 12.1. The van der Waals surface area contributed by atoms with Crippen molar-refractivity contribution in [3.05, 3.63) is 23.8 Å². The van der Waals surface area contributed by atoms with Gasteiger partial charge in [0.1, 0.15) is 0 Å². The number of benzene rings is 1. The van der Waals surface area contributed by atoms with E-state index in [9.17, 15) is 4.79 Å². The Balaban J connectivity index is 3.17. The number of carbonyl (C=O) groups is 1. The second-order valence-electron chi connectivity index (χ2n) is 3.05. The van der Waals surface area contributed by atoms with Gasteiger partial charge in [-0.2, -0.15) is 0 Å². The van der Waals surface area contributed by atoms with Gasteiger partial charge in [0.15, 0.2) is 5.78 Å². The molecule has 1 aromatic carbocycles. The van der Waals surface area contributed by atoms with Crippen LogP contribution in [0.3, 0.4) is 0 Å². The van der Waals surface area contributed by atoms with Gasteiger partial charge in [0.2, 0.25) is 0 Å². The highest BCUT2D eigenvalue weighted by Crippen LogP contribution is 2.27. The van der Waals surface area contributed by atoms with Crippen LogP contribution in [0.5, 0.6) is 0 Å². The molecule has 0 saturated carbocycles. The molecule has 0 aromatic heterocycles. The Kier molecular flexibility index (Phi) is 5.23. The number of carbonyl (C=O) groups excluding carboxylic acids is 1. The van der Waals surface area contributed by atoms with Crippen LogP contribution < -0.4 is 0 Å². The van der Waals surface area contributed by atoms with Crippen LogP contribution >= 0.6 is 39.5 Å². The Morgan fingerprint density at radius 2 is 2.00 bits per heavy atom. The van der Waals surface area contributed by atoms with Gasteiger partial charge < -0.3 is 0 Å². The monoisotopic (exact) mass is 304 g/mol. The van der Waals surface area contributed by atoms with Gasteiger partial charge in [0.05, 0.1) is 4.83 Å². The van der Waals surface area contributed by atoms with Gasteiger partial charge in [-0.05, 0) is 37.6 Å². The molecule has 0 amide bonds. The van der Waals surface area contributed by atoms with Crippen molar-refractivity contribution in [3.8, 4) is 0 Å². The fourth-order valence-corrected chi connectivity index (χ4v) is 2.49. The molecular weight excluding hydrogens is 292 g/mol. The van der Waals surface area contributed by atoms with Crippen LogP contribution in [-0.2, 0) is 0 Å². The van der Waals surface area contributed by atoms with E-state index in [1.807, 2.05) is 37.6 Å². The first kappa shape index (κ1) is 13.1. The lowest BCUT2D eigenvalue weighted by molar-refractivity contribution is 0.0993. The van der Waals surface area contributed by atoms with E-state index >= 15 is 0 Å². The Hall–Kier alpha value is 0.0700. The molecule has 4 heteroatoms. The summed E-state index contributed by atoms with van der Waals surface area (Å²) < 4.78 is 0. The number of rotatable bonds is 4. The van der Waals surface area contributed by atoms with Crippen LogP contribution in [0, 0.1) is 0 Å². The predicted molar refractivity (Wildman–Crippen MR) is 72.7 cm³/mol. The first-order valence-corrected chi connectivity index (χ1v) is 7.87. The highest BCUT2D eigenvalue weighted by Gasteiger charge is 2.16. The van der Waals surface area contributed by atoms with E-state index in [-0.39, 0.29) is 10.6 Å². The van der Waals surface area contributed by atoms with Crippen LogP contribution in [0.2, 0.25) is 0 Å². The van der Waals surface area contributed by atoms with Gasteiger partial charge in [-0.25, -0.2) is 0 Å². The third-order valence-corrected chi connectivity index (χ3v) is 3.97. The van der Waals surface area contributed by atoms with E-state index < -0.39 is 0 Å². The quantitative estimate of drug-likeness (QED) is 0.474. The maximum Gasteiger partial charge on any atom is 0.177 e. The summed E-state index contributed by atoms with van der Waals surface area (Å²) >= 11 is 6.58. The Labute approximate surface area is 108 Å². The van der Waals surface area contributed by atoms with Crippen molar-refractivity contribution < 1.29 is 4.79 Å². The predicted octanol–water partition coefficient (Wildman–Crippen LogP) is 4.10. The van der Waals surface area contributed by atoms with Crippen LogP contribution in [0.25, 0.3) is 0 Å². The van der Waals surface area contributed by atoms with Crippen LogP contribution in [-0.4, -0.2) is 23.1 Å². The van der Waals surface area contributed by atoms with Crippen molar-refractivity contribution in [2.75, 3.05) is 12.5 Å². The smallest absolute Gasteiger partial charge is 0.177 e. The molecule has 0 N–H and O–H groups in total. The molecule has 0 heterocycles. The zero-order chi connectivity index (χ0) is 11.4. The van der Waals surface area contributed by atoms with Crippen molar-refractivity contribution in [3.63, 3.8) is 0 Å². The summed E-state index contributed by atoms with van der Waals surface area (Å²) in [6.07, 6.45) is 4.00. The second kappa shape index (κ2) is 5.97. The summed E-state index contributed by atoms with van der Waals surface area (Å²) in [7, 11) is 0. The summed E-state index contributed by atoms with van der Waals surface area (Å²) in [4.78, 5) is 14.0. The normalized spacial score (nSPS) is 12.5. The van der Waals surface area contributed by atoms with Gasteiger partial charge in [-0.15, -0.1) is 23.5 Å². The SMILES string of the molecule is CSc1ccc(SC)c(C(=O)C(C)Br)c1. The molecule has 1 nitrogen and oxygen atoms in total. The first-order chi connectivity index (χ1) is 7.10. The minimum absolute atomic E-state index is 0.125. The average Bonchev–Trinajstić information content (AvgIpc) is 2.27. The molecule has 0 saturated heterocycles. The molecule has 0 radical (unpaired) electrons. The summed E-state index contributed by atoms with van der Waals surface area (Å²) in [5.41, 5.74) is 0.818. The molecule has 1 rings (SSSR count). The lowest BCUT2D eigenvalue weighted by Gasteiger charge is -2.09. The number of Topliss-reactive ketones (excluding diaryl/α,β-unsaturated/α-hetero) is 1. The molecule has 0 fully saturated rings. The van der Waals surface area contributed by atoms with E-state index in [0.717, 1.165) is 15.4 Å². The van der Waals surface area contributed by atoms with E-state index in [0.29, 0.717) is 0 Å². The summed E-state index contributed by atoms with van der Waals surface area (Å²) in [6, 6.07) is 6.03. The molecule has 0 aliphatic rings.